The van der Waals surface area contributed by atoms with Crippen LogP contribution in [0.4, 0.5) is 0 Å². The molecule has 2 unspecified atom stereocenters. The van der Waals surface area contributed by atoms with Gasteiger partial charge in [0, 0.05) is 25.7 Å². The number of hydrogen-bond acceptors (Lipinski definition) is 15. The van der Waals surface area contributed by atoms with E-state index in [1.807, 2.05) is 0 Å². The highest BCUT2D eigenvalue weighted by Gasteiger charge is 2.31. The molecule has 0 saturated heterocycles. The normalized spacial score (nSPS) is 13.8. The molecule has 0 amide bonds. The minimum absolute atomic E-state index is 0.108. The van der Waals surface area contributed by atoms with Crippen molar-refractivity contribution in [1.82, 2.24) is 0 Å². The van der Waals surface area contributed by atoms with Gasteiger partial charge >= 0.3 is 39.5 Å². The summed E-state index contributed by atoms with van der Waals surface area (Å²) in [5.74, 6) is -0.471. The lowest BCUT2D eigenvalue weighted by Gasteiger charge is -2.21. The van der Waals surface area contributed by atoms with E-state index in [9.17, 15) is 43.2 Å². The maximum absolute atomic E-state index is 13.2. The van der Waals surface area contributed by atoms with Crippen molar-refractivity contribution in [2.24, 2.45) is 11.8 Å². The third-order valence-electron chi connectivity index (χ3n) is 21.2. The van der Waals surface area contributed by atoms with Crippen molar-refractivity contribution in [1.29, 1.82) is 0 Å². The third kappa shape index (κ3) is 83.8. The van der Waals surface area contributed by atoms with Crippen LogP contribution >= 0.6 is 15.6 Å². The van der Waals surface area contributed by atoms with Crippen molar-refractivity contribution in [3.63, 3.8) is 0 Å². The molecule has 0 bridgehead atoms. The van der Waals surface area contributed by atoms with E-state index >= 15 is 0 Å². The molecule has 0 aromatic carbocycles. The van der Waals surface area contributed by atoms with Crippen LogP contribution < -0.4 is 0 Å². The molecule has 648 valence electrons. The van der Waals surface area contributed by atoms with E-state index in [1.54, 1.807) is 0 Å². The van der Waals surface area contributed by atoms with Crippen LogP contribution in [0.2, 0.25) is 0 Å². The van der Waals surface area contributed by atoms with Crippen molar-refractivity contribution in [2.45, 2.75) is 503 Å². The number of aliphatic hydroxyl groups is 1. The number of phosphoric ester groups is 2. The smallest absolute Gasteiger partial charge is 0.462 e. The largest absolute Gasteiger partial charge is 0.472 e. The minimum Gasteiger partial charge on any atom is -0.462 e. The van der Waals surface area contributed by atoms with Gasteiger partial charge in [0.15, 0.2) is 12.2 Å². The first-order chi connectivity index (χ1) is 52.9. The molecule has 19 heteroatoms. The first kappa shape index (κ1) is 107. The average Bonchev–Trinajstić information content (AvgIpc) is 0.899. The SMILES string of the molecule is CCCCCCCCCCCCCCCCCCCCCCCC(=O)OC[C@H](COP(=O)(O)OC[C@@H](O)COP(=O)(O)OC[C@@H](COC(=O)CCCCCCCCCC)OC(=O)CCCCCCCCCCCCCCCCCCC(C)C)OC(=O)CCCCCCCCCCCCCCCCCCCCC(C)C. The van der Waals surface area contributed by atoms with Crippen molar-refractivity contribution < 1.29 is 80.2 Å². The summed E-state index contributed by atoms with van der Waals surface area (Å²) in [5.41, 5.74) is 0. The molecule has 0 heterocycles. The van der Waals surface area contributed by atoms with Gasteiger partial charge in [0.05, 0.1) is 26.4 Å². The van der Waals surface area contributed by atoms with Gasteiger partial charge in [0.2, 0.25) is 0 Å². The number of carbonyl (C=O) groups excluding carboxylic acids is 4. The number of phosphoric acid groups is 2. The van der Waals surface area contributed by atoms with E-state index in [0.717, 1.165) is 108 Å². The third-order valence-corrected chi connectivity index (χ3v) is 23.1. The Bertz CT molecular complexity index is 2080. The second-order valence-corrected chi connectivity index (χ2v) is 36.2. The summed E-state index contributed by atoms with van der Waals surface area (Å²) in [4.78, 5) is 73.2. The molecular formula is C90H176O17P2. The molecule has 0 aliphatic rings. The Labute approximate surface area is 670 Å². The van der Waals surface area contributed by atoms with Gasteiger partial charge in [-0.2, -0.15) is 0 Å². The second kappa shape index (κ2) is 81.2. The van der Waals surface area contributed by atoms with Crippen LogP contribution in [0.15, 0.2) is 0 Å². The van der Waals surface area contributed by atoms with Crippen LogP contribution in [0.3, 0.4) is 0 Å². The topological polar surface area (TPSA) is 237 Å². The van der Waals surface area contributed by atoms with E-state index in [0.29, 0.717) is 25.7 Å². The zero-order valence-electron chi connectivity index (χ0n) is 71.9. The minimum atomic E-state index is -4.97. The fraction of sp³-hybridized carbons (Fsp3) is 0.956. The summed E-state index contributed by atoms with van der Waals surface area (Å²) >= 11 is 0. The van der Waals surface area contributed by atoms with Crippen molar-refractivity contribution in [3.05, 3.63) is 0 Å². The molecule has 3 N–H and O–H groups in total. The summed E-state index contributed by atoms with van der Waals surface area (Å²) in [7, 11) is -9.93. The van der Waals surface area contributed by atoms with Crippen LogP contribution in [0.25, 0.3) is 0 Å². The molecule has 17 nitrogen and oxygen atoms in total. The fourth-order valence-corrected chi connectivity index (χ4v) is 15.7. The highest BCUT2D eigenvalue weighted by molar-refractivity contribution is 7.47. The van der Waals surface area contributed by atoms with Crippen molar-refractivity contribution in [3.8, 4) is 0 Å². The number of ether oxygens (including phenoxy) is 4. The predicted octanol–water partition coefficient (Wildman–Crippen LogP) is 27.8. The molecule has 0 aliphatic heterocycles. The Morgan fingerprint density at radius 2 is 0.422 bits per heavy atom. The zero-order chi connectivity index (χ0) is 79.9. The number of carbonyl (C=O) groups is 4. The molecule has 0 aliphatic carbocycles. The average molecular weight is 1590 g/mol. The van der Waals surface area contributed by atoms with Crippen LogP contribution in [-0.4, -0.2) is 96.7 Å². The van der Waals surface area contributed by atoms with E-state index in [1.165, 1.54) is 295 Å². The van der Waals surface area contributed by atoms with Gasteiger partial charge in [-0.05, 0) is 37.5 Å². The quantitative estimate of drug-likeness (QED) is 0.0222. The summed E-state index contributed by atoms with van der Waals surface area (Å²) in [5, 5.41) is 10.7. The standard InChI is InChI=1S/C90H176O17P2/c1-7-9-11-13-15-17-18-19-20-21-22-23-24-28-34-39-44-49-55-61-67-73-88(93)101-79-86(107-90(95)75-68-62-56-50-45-40-35-29-26-25-27-32-37-42-47-52-58-64-70-82(3)4)81-105-109(98,99)103-77-84(91)76-102-108(96,97)104-80-85(78-100-87(92)72-66-60-54-16-14-12-10-8-2)106-89(94)74-69-63-57-51-46-41-36-31-30-33-38-43-48-53-59-65-71-83(5)6/h82-86,91H,7-81H2,1-6H3,(H,96,97)(H,98,99)/t84-,85+,86+/m0/s1. The Kier molecular flexibility index (Phi) is 79.8. The first-order valence-corrected chi connectivity index (χ1v) is 49.5. The molecule has 0 radical (unpaired) electrons. The zero-order valence-corrected chi connectivity index (χ0v) is 73.7. The van der Waals surface area contributed by atoms with Gasteiger partial charge in [-0.3, -0.25) is 37.3 Å². The summed E-state index contributed by atoms with van der Waals surface area (Å²) < 4.78 is 68.9. The van der Waals surface area contributed by atoms with Gasteiger partial charge in [0.25, 0.3) is 0 Å². The van der Waals surface area contributed by atoms with Crippen LogP contribution in [0.1, 0.15) is 485 Å². The van der Waals surface area contributed by atoms with Crippen LogP contribution in [0.5, 0.6) is 0 Å². The van der Waals surface area contributed by atoms with Gasteiger partial charge in [-0.1, -0.05) is 433 Å². The molecule has 0 rings (SSSR count). The number of unbranched alkanes of at least 4 members (excludes halogenated alkanes) is 59. The summed E-state index contributed by atoms with van der Waals surface area (Å²) in [6.07, 6.45) is 75.3. The summed E-state index contributed by atoms with van der Waals surface area (Å²) in [6.45, 7) is 9.73. The Morgan fingerprint density at radius 1 is 0.248 bits per heavy atom. The molecule has 5 atom stereocenters. The van der Waals surface area contributed by atoms with Crippen LogP contribution in [0, 0.1) is 11.8 Å². The van der Waals surface area contributed by atoms with E-state index in [2.05, 4.69) is 41.5 Å². The van der Waals surface area contributed by atoms with Crippen molar-refractivity contribution >= 4 is 39.5 Å². The molecule has 0 fully saturated rings. The lowest BCUT2D eigenvalue weighted by Crippen LogP contribution is -2.30. The number of esters is 4. The van der Waals surface area contributed by atoms with Gasteiger partial charge < -0.3 is 33.8 Å². The Hall–Kier alpha value is -1.94. The molecule has 0 aromatic heterocycles. The van der Waals surface area contributed by atoms with Gasteiger partial charge in [-0.15, -0.1) is 0 Å². The Morgan fingerprint density at radius 3 is 0.624 bits per heavy atom. The molecule has 0 aromatic rings. The number of aliphatic hydroxyl groups excluding tert-OH is 1. The lowest BCUT2D eigenvalue weighted by molar-refractivity contribution is -0.161. The number of rotatable bonds is 89. The van der Waals surface area contributed by atoms with E-state index in [4.69, 9.17) is 37.0 Å². The highest BCUT2D eigenvalue weighted by Crippen LogP contribution is 2.45. The first-order valence-electron chi connectivity index (χ1n) is 46.5. The highest BCUT2D eigenvalue weighted by atomic mass is 31.2. The monoisotopic (exact) mass is 1590 g/mol. The molecular weight excluding hydrogens is 1410 g/mol. The number of hydrogen-bond donors (Lipinski definition) is 3. The molecule has 0 spiro atoms. The molecule has 109 heavy (non-hydrogen) atoms. The Balaban J connectivity index is 5.17. The summed E-state index contributed by atoms with van der Waals surface area (Å²) in [6, 6.07) is 0. The lowest BCUT2D eigenvalue weighted by atomic mass is 10.0. The maximum atomic E-state index is 13.2. The van der Waals surface area contributed by atoms with Crippen molar-refractivity contribution in [2.75, 3.05) is 39.6 Å². The van der Waals surface area contributed by atoms with E-state index < -0.39 is 97.5 Å². The second-order valence-electron chi connectivity index (χ2n) is 33.3. The van der Waals surface area contributed by atoms with Gasteiger partial charge in [-0.25, -0.2) is 9.13 Å². The van der Waals surface area contributed by atoms with Gasteiger partial charge in [0.1, 0.15) is 19.3 Å². The maximum Gasteiger partial charge on any atom is 0.472 e. The predicted molar refractivity (Wildman–Crippen MR) is 451 cm³/mol. The van der Waals surface area contributed by atoms with Crippen LogP contribution in [-0.2, 0) is 65.4 Å². The fourth-order valence-electron chi connectivity index (χ4n) is 14.1. The van der Waals surface area contributed by atoms with E-state index in [-0.39, 0.29) is 25.7 Å². The molecule has 0 saturated carbocycles.